The van der Waals surface area contributed by atoms with Crippen molar-refractivity contribution in [2.75, 3.05) is 18.9 Å². The van der Waals surface area contributed by atoms with Crippen LogP contribution in [0.4, 0.5) is 5.82 Å². The van der Waals surface area contributed by atoms with Gasteiger partial charge in [-0.25, -0.2) is 4.98 Å². The molecular formula is C14H21N3O. The molecule has 4 heteroatoms. The van der Waals surface area contributed by atoms with Crippen LogP contribution in [0.1, 0.15) is 31.7 Å². The largest absolute Gasteiger partial charge is 0.373 e. The van der Waals surface area contributed by atoms with E-state index in [0.717, 1.165) is 37.2 Å². The van der Waals surface area contributed by atoms with Gasteiger partial charge in [0.25, 0.3) is 0 Å². The molecule has 0 bridgehead atoms. The van der Waals surface area contributed by atoms with Crippen LogP contribution in [0.3, 0.4) is 0 Å². The van der Waals surface area contributed by atoms with E-state index in [0.29, 0.717) is 12.5 Å². The van der Waals surface area contributed by atoms with Gasteiger partial charge in [-0.05, 0) is 30.0 Å². The predicted molar refractivity (Wildman–Crippen MR) is 72.2 cm³/mol. The summed E-state index contributed by atoms with van der Waals surface area (Å²) in [6, 6.07) is 3.97. The summed E-state index contributed by atoms with van der Waals surface area (Å²) in [5, 5.41) is 3.02. The van der Waals surface area contributed by atoms with Gasteiger partial charge in [-0.15, -0.1) is 0 Å². The average Bonchev–Trinajstić information content (AvgIpc) is 2.70. The Balaban J connectivity index is 1.98. The maximum Gasteiger partial charge on any atom is 0.223 e. The van der Waals surface area contributed by atoms with Gasteiger partial charge in [-0.3, -0.25) is 4.79 Å². The molecule has 4 nitrogen and oxygen atoms in total. The Hall–Kier alpha value is -1.58. The number of pyridine rings is 1. The molecule has 0 saturated carbocycles. The number of likely N-dealkylation sites (tertiary alicyclic amines) is 1. The normalized spacial score (nSPS) is 19.3. The van der Waals surface area contributed by atoms with Crippen LogP contribution in [0.15, 0.2) is 18.3 Å². The van der Waals surface area contributed by atoms with Crippen LogP contribution in [-0.2, 0) is 11.3 Å². The molecule has 1 saturated heterocycles. The summed E-state index contributed by atoms with van der Waals surface area (Å²) in [6.07, 6.45) is 4.81. The number of hydrogen-bond acceptors (Lipinski definition) is 3. The Morgan fingerprint density at radius 2 is 2.39 bits per heavy atom. The van der Waals surface area contributed by atoms with E-state index in [1.165, 1.54) is 0 Å². The van der Waals surface area contributed by atoms with E-state index in [2.05, 4.69) is 17.2 Å². The minimum atomic E-state index is 0.288. The molecule has 1 amide bonds. The molecule has 2 heterocycles. The molecule has 2 rings (SSSR count). The summed E-state index contributed by atoms with van der Waals surface area (Å²) in [5.41, 5.74) is 1.14. The van der Waals surface area contributed by atoms with Crippen LogP contribution >= 0.6 is 0 Å². The van der Waals surface area contributed by atoms with E-state index in [-0.39, 0.29) is 5.91 Å². The lowest BCUT2D eigenvalue weighted by molar-refractivity contribution is -0.128. The van der Waals surface area contributed by atoms with E-state index in [9.17, 15) is 4.79 Å². The third kappa shape index (κ3) is 3.00. The molecule has 98 valence electrons. The van der Waals surface area contributed by atoms with Crippen LogP contribution in [0, 0.1) is 5.92 Å². The molecule has 0 aromatic carbocycles. The van der Waals surface area contributed by atoms with E-state index < -0.39 is 0 Å². The van der Waals surface area contributed by atoms with Crippen LogP contribution in [-0.4, -0.2) is 29.4 Å². The van der Waals surface area contributed by atoms with Crippen molar-refractivity contribution >= 4 is 11.7 Å². The van der Waals surface area contributed by atoms with Gasteiger partial charge >= 0.3 is 0 Å². The second-order valence-electron chi connectivity index (χ2n) is 4.93. The second kappa shape index (κ2) is 5.85. The zero-order valence-corrected chi connectivity index (χ0v) is 11.1. The van der Waals surface area contributed by atoms with Crippen molar-refractivity contribution < 1.29 is 4.79 Å². The quantitative estimate of drug-likeness (QED) is 0.868. The lowest BCUT2D eigenvalue weighted by Crippen LogP contribution is -2.24. The highest BCUT2D eigenvalue weighted by Gasteiger charge is 2.28. The fraction of sp³-hybridized carbons (Fsp3) is 0.571. The van der Waals surface area contributed by atoms with Crippen molar-refractivity contribution in [3.63, 3.8) is 0 Å². The molecular weight excluding hydrogens is 226 g/mol. The Morgan fingerprint density at radius 1 is 1.56 bits per heavy atom. The zero-order valence-electron chi connectivity index (χ0n) is 11.1. The maximum atomic E-state index is 11.9. The standard InChI is InChI=1S/C14H21N3O/c1-3-4-11-8-14(18)17(9-11)10-12-5-6-16-13(7-12)15-2/h5-7,11H,3-4,8-10H2,1-2H3,(H,15,16). The lowest BCUT2D eigenvalue weighted by Gasteiger charge is -2.17. The summed E-state index contributed by atoms with van der Waals surface area (Å²) in [5.74, 6) is 1.69. The number of carbonyl (C=O) groups is 1. The number of nitrogens with one attached hydrogen (secondary N) is 1. The van der Waals surface area contributed by atoms with E-state index in [4.69, 9.17) is 0 Å². The van der Waals surface area contributed by atoms with Gasteiger partial charge in [-0.2, -0.15) is 0 Å². The van der Waals surface area contributed by atoms with E-state index in [1.807, 2.05) is 24.1 Å². The zero-order chi connectivity index (χ0) is 13.0. The summed E-state index contributed by atoms with van der Waals surface area (Å²) < 4.78 is 0. The molecule has 1 aromatic rings. The number of anilines is 1. The molecule has 1 atom stereocenters. The molecule has 1 aliphatic rings. The molecule has 1 unspecified atom stereocenters. The van der Waals surface area contributed by atoms with Gasteiger partial charge < -0.3 is 10.2 Å². The summed E-state index contributed by atoms with van der Waals surface area (Å²) in [7, 11) is 1.85. The first-order chi connectivity index (χ1) is 8.72. The fourth-order valence-corrected chi connectivity index (χ4v) is 2.54. The number of hydrogen-bond donors (Lipinski definition) is 1. The fourth-order valence-electron chi connectivity index (χ4n) is 2.54. The highest BCUT2D eigenvalue weighted by molar-refractivity contribution is 5.78. The molecule has 1 aromatic heterocycles. The predicted octanol–water partition coefficient (Wildman–Crippen LogP) is 2.27. The molecule has 0 radical (unpaired) electrons. The van der Waals surface area contributed by atoms with Crippen LogP contribution in [0.2, 0.25) is 0 Å². The van der Waals surface area contributed by atoms with Crippen molar-refractivity contribution in [3.8, 4) is 0 Å². The van der Waals surface area contributed by atoms with Gasteiger partial charge in [-0.1, -0.05) is 13.3 Å². The average molecular weight is 247 g/mol. The number of carbonyl (C=O) groups excluding carboxylic acids is 1. The Labute approximate surface area is 108 Å². The molecule has 0 spiro atoms. The van der Waals surface area contributed by atoms with Crippen molar-refractivity contribution in [1.82, 2.24) is 9.88 Å². The third-order valence-electron chi connectivity index (χ3n) is 3.45. The van der Waals surface area contributed by atoms with Crippen molar-refractivity contribution in [1.29, 1.82) is 0 Å². The first kappa shape index (κ1) is 12.9. The highest BCUT2D eigenvalue weighted by Crippen LogP contribution is 2.24. The molecule has 1 fully saturated rings. The Bertz CT molecular complexity index is 419. The highest BCUT2D eigenvalue weighted by atomic mass is 16.2. The van der Waals surface area contributed by atoms with Crippen molar-refractivity contribution in [3.05, 3.63) is 23.9 Å². The molecule has 1 aliphatic heterocycles. The van der Waals surface area contributed by atoms with Gasteiger partial charge in [0.15, 0.2) is 0 Å². The van der Waals surface area contributed by atoms with Crippen LogP contribution < -0.4 is 5.32 Å². The molecule has 1 N–H and O–H groups in total. The van der Waals surface area contributed by atoms with Gasteiger partial charge in [0.2, 0.25) is 5.91 Å². The maximum absolute atomic E-state index is 11.9. The summed E-state index contributed by atoms with van der Waals surface area (Å²) in [4.78, 5) is 18.1. The first-order valence-corrected chi connectivity index (χ1v) is 6.63. The lowest BCUT2D eigenvalue weighted by atomic mass is 10.0. The molecule has 0 aliphatic carbocycles. The minimum Gasteiger partial charge on any atom is -0.373 e. The van der Waals surface area contributed by atoms with Gasteiger partial charge in [0.1, 0.15) is 5.82 Å². The summed E-state index contributed by atoms with van der Waals surface area (Å²) >= 11 is 0. The smallest absolute Gasteiger partial charge is 0.223 e. The van der Waals surface area contributed by atoms with Gasteiger partial charge in [0.05, 0.1) is 0 Å². The number of aromatic nitrogens is 1. The van der Waals surface area contributed by atoms with Crippen LogP contribution in [0.25, 0.3) is 0 Å². The minimum absolute atomic E-state index is 0.288. The van der Waals surface area contributed by atoms with Gasteiger partial charge in [0, 0.05) is 32.8 Å². The summed E-state index contributed by atoms with van der Waals surface area (Å²) in [6.45, 7) is 3.79. The topological polar surface area (TPSA) is 45.2 Å². The first-order valence-electron chi connectivity index (χ1n) is 6.63. The molecule has 18 heavy (non-hydrogen) atoms. The Kier molecular flexibility index (Phi) is 4.18. The third-order valence-corrected chi connectivity index (χ3v) is 3.45. The van der Waals surface area contributed by atoms with Crippen molar-refractivity contribution in [2.24, 2.45) is 5.92 Å². The SMILES string of the molecule is CCCC1CC(=O)N(Cc2ccnc(NC)c2)C1. The van der Waals surface area contributed by atoms with E-state index in [1.54, 1.807) is 6.20 Å². The number of amides is 1. The second-order valence-corrected chi connectivity index (χ2v) is 4.93. The number of nitrogens with zero attached hydrogens (tertiary/aromatic N) is 2. The van der Waals surface area contributed by atoms with E-state index >= 15 is 0 Å². The Morgan fingerprint density at radius 3 is 3.11 bits per heavy atom. The number of rotatable bonds is 5. The van der Waals surface area contributed by atoms with Crippen molar-refractivity contribution in [2.45, 2.75) is 32.7 Å². The monoisotopic (exact) mass is 247 g/mol. The van der Waals surface area contributed by atoms with Crippen LogP contribution in [0.5, 0.6) is 0 Å².